The van der Waals surface area contributed by atoms with Gasteiger partial charge in [-0.05, 0) is 75.7 Å². The molecule has 1 aliphatic heterocycles. The van der Waals surface area contributed by atoms with Crippen LogP contribution in [-0.2, 0) is 15.7 Å². The number of alkyl halides is 3. The highest BCUT2D eigenvalue weighted by molar-refractivity contribution is 6.08. The molecule has 4 rings (SSSR count). The zero-order chi connectivity index (χ0) is 33.8. The van der Waals surface area contributed by atoms with Gasteiger partial charge < -0.3 is 21.1 Å². The number of likely N-dealkylation sites (N-methyl/N-ethyl adjacent to an activating group) is 1. The number of para-hydroxylation sites is 1. The summed E-state index contributed by atoms with van der Waals surface area (Å²) in [7, 11) is 0. The Morgan fingerprint density at radius 1 is 0.978 bits per heavy atom. The largest absolute Gasteiger partial charge is 0.442 e. The van der Waals surface area contributed by atoms with Gasteiger partial charge in [0.05, 0.1) is 5.56 Å². The van der Waals surface area contributed by atoms with Gasteiger partial charge >= 0.3 is 12.3 Å². The van der Waals surface area contributed by atoms with E-state index in [4.69, 9.17) is 10.5 Å². The molecular weight excluding hydrogens is 606 g/mol. The van der Waals surface area contributed by atoms with Crippen molar-refractivity contribution in [3.05, 3.63) is 113 Å². The Kier molecular flexibility index (Phi) is 9.83. The smallest absolute Gasteiger partial charge is 0.436 e. The highest BCUT2D eigenvalue weighted by Crippen LogP contribution is 2.38. The molecule has 0 saturated carbocycles. The average Bonchev–Trinajstić information content (AvgIpc) is 2.98. The number of nitrogens with two attached hydrogens (primary N) is 1. The van der Waals surface area contributed by atoms with Gasteiger partial charge in [-0.1, -0.05) is 36.4 Å². The van der Waals surface area contributed by atoms with Crippen LogP contribution in [0.2, 0.25) is 0 Å². The molecule has 242 valence electrons. The van der Waals surface area contributed by atoms with Crippen molar-refractivity contribution >= 4 is 29.4 Å². The van der Waals surface area contributed by atoms with Crippen molar-refractivity contribution in [3.8, 4) is 0 Å². The lowest BCUT2D eigenvalue weighted by Crippen LogP contribution is -2.57. The van der Waals surface area contributed by atoms with Gasteiger partial charge in [0.2, 0.25) is 0 Å². The van der Waals surface area contributed by atoms with Gasteiger partial charge in [0, 0.05) is 29.3 Å². The summed E-state index contributed by atoms with van der Waals surface area (Å²) in [5, 5.41) is 5.74. The standard InChI is InChI=1S/C33H33F4N5O4/c1-5-42-28(39-23-12-7-6-8-13-23)25(27(38)41-31(45)46-32(2,3)4)24(19-14-16-22(34)17-15-19)26(30(42)44)40-29(43)20-10-9-11-21(18-20)33(35,36)37/h6-18,24,26,39H,5H2,1-4H3,(H,40,43)(H2,38,41,45). The molecule has 13 heteroatoms. The molecule has 1 heterocycles. The number of carbonyl (C=O) groups excluding carboxylic acids is 3. The third kappa shape index (κ3) is 7.89. The first kappa shape index (κ1) is 33.7. The van der Waals surface area contributed by atoms with E-state index in [1.165, 1.54) is 23.1 Å². The van der Waals surface area contributed by atoms with Gasteiger partial charge in [0.25, 0.3) is 11.8 Å². The highest BCUT2D eigenvalue weighted by atomic mass is 19.4. The first-order valence-corrected chi connectivity index (χ1v) is 14.3. The minimum atomic E-state index is -4.72. The second kappa shape index (κ2) is 13.4. The third-order valence-corrected chi connectivity index (χ3v) is 6.90. The summed E-state index contributed by atoms with van der Waals surface area (Å²) in [4.78, 5) is 45.7. The molecule has 2 unspecified atom stereocenters. The number of halogens is 4. The van der Waals surface area contributed by atoms with E-state index in [-0.39, 0.29) is 29.3 Å². The molecule has 1 aliphatic rings. The Morgan fingerprint density at radius 3 is 2.22 bits per heavy atom. The van der Waals surface area contributed by atoms with Crippen LogP contribution in [0.25, 0.3) is 0 Å². The predicted molar refractivity (Wildman–Crippen MR) is 164 cm³/mol. The summed E-state index contributed by atoms with van der Waals surface area (Å²) in [6.07, 6.45) is -5.74. The van der Waals surface area contributed by atoms with E-state index in [0.29, 0.717) is 17.3 Å². The molecule has 0 bridgehead atoms. The van der Waals surface area contributed by atoms with Crippen molar-refractivity contribution in [2.45, 2.75) is 51.4 Å². The molecule has 0 fully saturated rings. The van der Waals surface area contributed by atoms with Gasteiger partial charge in [-0.2, -0.15) is 18.2 Å². The van der Waals surface area contributed by atoms with Crippen LogP contribution in [0.15, 0.2) is 95.2 Å². The summed E-state index contributed by atoms with van der Waals surface area (Å²) in [5.41, 5.74) is 5.10. The van der Waals surface area contributed by atoms with E-state index >= 15 is 0 Å². The molecule has 0 spiro atoms. The molecule has 2 atom stereocenters. The van der Waals surface area contributed by atoms with E-state index in [0.717, 1.165) is 24.3 Å². The Bertz CT molecular complexity index is 1670. The number of aliphatic imine (C=N–C) groups is 1. The second-order valence-corrected chi connectivity index (χ2v) is 11.4. The zero-order valence-corrected chi connectivity index (χ0v) is 25.5. The number of benzene rings is 3. The van der Waals surface area contributed by atoms with Crippen LogP contribution >= 0.6 is 0 Å². The molecule has 0 aromatic heterocycles. The second-order valence-electron chi connectivity index (χ2n) is 11.4. The lowest BCUT2D eigenvalue weighted by molar-refractivity contribution is -0.137. The van der Waals surface area contributed by atoms with Crippen LogP contribution in [-0.4, -0.2) is 46.8 Å². The monoisotopic (exact) mass is 639 g/mol. The van der Waals surface area contributed by atoms with Gasteiger partial charge in [0.1, 0.15) is 29.1 Å². The number of ether oxygens (including phenoxy) is 1. The van der Waals surface area contributed by atoms with Crippen LogP contribution < -0.4 is 16.4 Å². The van der Waals surface area contributed by atoms with E-state index < -0.39 is 53.0 Å². The summed E-state index contributed by atoms with van der Waals surface area (Å²) >= 11 is 0. The normalized spacial score (nSPS) is 17.5. The number of rotatable bonds is 7. The van der Waals surface area contributed by atoms with Crippen molar-refractivity contribution in [1.29, 1.82) is 0 Å². The fourth-order valence-corrected chi connectivity index (χ4v) is 4.95. The first-order valence-electron chi connectivity index (χ1n) is 14.3. The summed E-state index contributed by atoms with van der Waals surface area (Å²) in [5.74, 6) is -3.65. The minimum Gasteiger partial charge on any atom is -0.442 e. The highest BCUT2D eigenvalue weighted by Gasteiger charge is 2.45. The Labute approximate surface area is 263 Å². The lowest BCUT2D eigenvalue weighted by Gasteiger charge is -2.41. The van der Waals surface area contributed by atoms with Gasteiger partial charge in [-0.15, -0.1) is 0 Å². The number of hydrogen-bond acceptors (Lipinski definition) is 5. The molecule has 0 radical (unpaired) electrons. The summed E-state index contributed by atoms with van der Waals surface area (Å²) in [6, 6.07) is 16.0. The minimum absolute atomic E-state index is 0.0449. The Morgan fingerprint density at radius 2 is 1.63 bits per heavy atom. The Balaban J connectivity index is 1.93. The lowest BCUT2D eigenvalue weighted by atomic mass is 9.80. The third-order valence-electron chi connectivity index (χ3n) is 6.90. The van der Waals surface area contributed by atoms with Crippen LogP contribution in [0.1, 0.15) is 55.1 Å². The number of nitrogens with one attached hydrogen (secondary N) is 2. The van der Waals surface area contributed by atoms with E-state index in [1.54, 1.807) is 58.0 Å². The van der Waals surface area contributed by atoms with Crippen LogP contribution in [0.5, 0.6) is 0 Å². The fraction of sp³-hybridized carbons (Fsp3) is 0.273. The summed E-state index contributed by atoms with van der Waals surface area (Å²) < 4.78 is 59.7. The number of carbonyl (C=O) groups is 3. The van der Waals surface area contributed by atoms with Crippen LogP contribution in [0.4, 0.5) is 28.0 Å². The van der Waals surface area contributed by atoms with E-state index in [1.807, 2.05) is 0 Å². The predicted octanol–water partition coefficient (Wildman–Crippen LogP) is 6.20. The van der Waals surface area contributed by atoms with Gasteiger partial charge in [-0.3, -0.25) is 14.5 Å². The average molecular weight is 640 g/mol. The molecule has 3 aromatic rings. The van der Waals surface area contributed by atoms with Gasteiger partial charge in [0.15, 0.2) is 0 Å². The molecule has 0 aliphatic carbocycles. The molecule has 46 heavy (non-hydrogen) atoms. The fourth-order valence-electron chi connectivity index (χ4n) is 4.95. The molecular formula is C33H33F4N5O4. The van der Waals surface area contributed by atoms with E-state index in [2.05, 4.69) is 15.6 Å². The quantitative estimate of drug-likeness (QED) is 0.161. The maximum absolute atomic E-state index is 14.2. The molecule has 3 amide bonds. The molecule has 4 N–H and O–H groups in total. The molecule has 9 nitrogen and oxygen atoms in total. The number of hydrogen-bond donors (Lipinski definition) is 3. The van der Waals surface area contributed by atoms with Crippen molar-refractivity contribution < 1.29 is 36.7 Å². The van der Waals surface area contributed by atoms with Gasteiger partial charge in [-0.25, -0.2) is 9.18 Å². The van der Waals surface area contributed by atoms with Crippen LogP contribution in [0, 0.1) is 5.82 Å². The number of amidine groups is 1. The van der Waals surface area contributed by atoms with Crippen LogP contribution in [0.3, 0.4) is 0 Å². The van der Waals surface area contributed by atoms with E-state index in [9.17, 15) is 31.9 Å². The van der Waals surface area contributed by atoms with Crippen molar-refractivity contribution in [2.24, 2.45) is 10.7 Å². The molecule has 3 aromatic carbocycles. The maximum atomic E-state index is 14.2. The summed E-state index contributed by atoms with van der Waals surface area (Å²) in [6.45, 7) is 6.61. The first-order chi connectivity index (χ1) is 21.6. The van der Waals surface area contributed by atoms with Crippen molar-refractivity contribution in [2.75, 3.05) is 11.9 Å². The number of amides is 3. The maximum Gasteiger partial charge on any atom is 0.436 e. The number of nitrogens with zero attached hydrogens (tertiary/aromatic N) is 2. The number of anilines is 1. The van der Waals surface area contributed by atoms with Crippen molar-refractivity contribution in [3.63, 3.8) is 0 Å². The SMILES string of the molecule is CCN1C(=O)C(NC(=O)c2cccc(C(F)(F)F)c2)C(c2ccc(F)cc2)C(/C(N)=N/C(=O)OC(C)(C)C)=C1Nc1ccccc1. The Hall–Kier alpha value is -5.20. The van der Waals surface area contributed by atoms with Crippen molar-refractivity contribution in [1.82, 2.24) is 10.2 Å². The topological polar surface area (TPSA) is 126 Å². The molecule has 0 saturated heterocycles. The zero-order valence-electron chi connectivity index (χ0n) is 25.5.